The number of benzene rings is 1. The summed E-state index contributed by atoms with van der Waals surface area (Å²) in [6.07, 6.45) is 1.76. The molecule has 1 unspecified atom stereocenters. The van der Waals surface area contributed by atoms with Gasteiger partial charge in [0.25, 0.3) is 11.8 Å². The van der Waals surface area contributed by atoms with Gasteiger partial charge >= 0.3 is 0 Å². The molecule has 4 rings (SSSR count). The number of hydrogen-bond donors (Lipinski definition) is 2. The molecule has 164 valence electrons. The normalized spacial score (nSPS) is 20.3. The Morgan fingerprint density at radius 1 is 1.35 bits per heavy atom. The molecule has 2 aromatic rings. The van der Waals surface area contributed by atoms with Crippen LogP contribution in [0.5, 0.6) is 5.75 Å². The molecule has 1 fully saturated rings. The monoisotopic (exact) mass is 453 g/mol. The van der Waals surface area contributed by atoms with E-state index in [1.54, 1.807) is 7.05 Å². The average molecular weight is 454 g/mol. The fourth-order valence-corrected chi connectivity index (χ4v) is 4.10. The predicted octanol–water partition coefficient (Wildman–Crippen LogP) is 1.66. The summed E-state index contributed by atoms with van der Waals surface area (Å²) in [6, 6.07) is 2.07. The number of fused-ring (bicyclic) bond motifs is 1. The van der Waals surface area contributed by atoms with Crippen molar-refractivity contribution in [3.05, 3.63) is 62.0 Å². The number of carbonyl (C=O) groups is 2. The van der Waals surface area contributed by atoms with Gasteiger partial charge in [0, 0.05) is 38.5 Å². The van der Waals surface area contributed by atoms with Crippen LogP contribution in [0.25, 0.3) is 0 Å². The second-order valence-electron chi connectivity index (χ2n) is 7.61. The lowest BCUT2D eigenvalue weighted by molar-refractivity contribution is 0.0344. The number of aromatic nitrogens is 1. The Hall–Kier alpha value is -2.98. The minimum absolute atomic E-state index is 0.0825. The van der Waals surface area contributed by atoms with E-state index in [1.807, 2.05) is 0 Å². The van der Waals surface area contributed by atoms with Gasteiger partial charge in [-0.3, -0.25) is 14.4 Å². The van der Waals surface area contributed by atoms with E-state index in [-0.39, 0.29) is 31.0 Å². The Labute approximate surface area is 180 Å². The highest BCUT2D eigenvalue weighted by Crippen LogP contribution is 2.34. The summed E-state index contributed by atoms with van der Waals surface area (Å²) in [5.41, 5.74) is -2.38. The molecule has 8 nitrogen and oxygen atoms in total. The van der Waals surface area contributed by atoms with Gasteiger partial charge in [-0.2, -0.15) is 0 Å². The van der Waals surface area contributed by atoms with Crippen LogP contribution in [0.3, 0.4) is 0 Å². The van der Waals surface area contributed by atoms with Crippen molar-refractivity contribution in [3.8, 4) is 5.75 Å². The summed E-state index contributed by atoms with van der Waals surface area (Å²) in [6.45, 7) is 0.596. The Kier molecular flexibility index (Phi) is 5.22. The van der Waals surface area contributed by atoms with Crippen molar-refractivity contribution >= 4 is 23.4 Å². The Balaban J connectivity index is 1.65. The molecule has 1 saturated heterocycles. The lowest BCUT2D eigenvalue weighted by Gasteiger charge is -2.42. The van der Waals surface area contributed by atoms with Gasteiger partial charge in [0.15, 0.2) is 11.4 Å². The third kappa shape index (κ3) is 3.35. The molecule has 1 aromatic carbocycles. The third-order valence-electron chi connectivity index (χ3n) is 5.82. The van der Waals surface area contributed by atoms with Crippen LogP contribution >= 0.6 is 11.6 Å². The van der Waals surface area contributed by atoms with Gasteiger partial charge in [-0.1, -0.05) is 17.7 Å². The topological polar surface area (TPSA) is 101 Å². The molecule has 0 saturated carbocycles. The molecule has 0 aliphatic carbocycles. The first-order valence-electron chi connectivity index (χ1n) is 9.39. The third-order valence-corrected chi connectivity index (χ3v) is 6.17. The van der Waals surface area contributed by atoms with E-state index in [0.29, 0.717) is 13.0 Å². The largest absolute Gasteiger partial charge is 0.503 e. The minimum Gasteiger partial charge on any atom is -0.503 e. The van der Waals surface area contributed by atoms with Crippen LogP contribution in [-0.2, 0) is 17.8 Å². The molecule has 0 radical (unpaired) electrons. The van der Waals surface area contributed by atoms with Gasteiger partial charge in [-0.05, 0) is 12.5 Å². The van der Waals surface area contributed by atoms with Crippen LogP contribution in [0.2, 0.25) is 5.02 Å². The van der Waals surface area contributed by atoms with Crippen molar-refractivity contribution in [2.45, 2.75) is 25.0 Å². The van der Waals surface area contributed by atoms with Gasteiger partial charge in [0.1, 0.15) is 22.2 Å². The smallest absolute Gasteiger partial charge is 0.274 e. The van der Waals surface area contributed by atoms with Crippen LogP contribution in [-0.4, -0.2) is 52.2 Å². The number of aromatic hydroxyl groups is 1. The zero-order chi connectivity index (χ0) is 22.5. The zero-order valence-electron chi connectivity index (χ0n) is 16.4. The molecule has 2 N–H and O–H groups in total. The molecule has 1 spiro atoms. The van der Waals surface area contributed by atoms with Gasteiger partial charge in [-0.15, -0.1) is 0 Å². The second-order valence-corrected chi connectivity index (χ2v) is 7.98. The number of halogens is 3. The first-order valence-corrected chi connectivity index (χ1v) is 9.77. The molecular formula is C20H18ClF2N3O5. The highest BCUT2D eigenvalue weighted by Gasteiger charge is 2.47. The molecule has 11 heteroatoms. The van der Waals surface area contributed by atoms with Gasteiger partial charge in [0.2, 0.25) is 5.43 Å². The average Bonchev–Trinajstić information content (AvgIpc) is 3.21. The first kappa shape index (κ1) is 21.3. The SMILES string of the molecule is CN1C(=O)c2c(O)c(=O)c(C(=O)NCc3ccc(F)c(Cl)c3F)cn2CC12CCOC2. The first-order chi connectivity index (χ1) is 14.7. The highest BCUT2D eigenvalue weighted by molar-refractivity contribution is 6.30. The summed E-state index contributed by atoms with van der Waals surface area (Å²) < 4.78 is 34.2. The van der Waals surface area contributed by atoms with Crippen molar-refractivity contribution in [3.63, 3.8) is 0 Å². The number of ether oxygens (including phenoxy) is 1. The van der Waals surface area contributed by atoms with E-state index in [1.165, 1.54) is 15.7 Å². The fraction of sp³-hybridized carbons (Fsp3) is 0.350. The number of amides is 2. The zero-order valence-corrected chi connectivity index (χ0v) is 17.1. The molecule has 2 amide bonds. The number of nitrogens with one attached hydrogen (secondary N) is 1. The van der Waals surface area contributed by atoms with E-state index < -0.39 is 50.8 Å². The lowest BCUT2D eigenvalue weighted by Crippen LogP contribution is -2.57. The van der Waals surface area contributed by atoms with Crippen LogP contribution < -0.4 is 10.7 Å². The van der Waals surface area contributed by atoms with Crippen molar-refractivity contribution in [2.24, 2.45) is 0 Å². The van der Waals surface area contributed by atoms with E-state index in [2.05, 4.69) is 5.32 Å². The van der Waals surface area contributed by atoms with Crippen LogP contribution in [0, 0.1) is 11.6 Å². The summed E-state index contributed by atoms with van der Waals surface area (Å²) in [5, 5.41) is 12.0. The Bertz CT molecular complexity index is 1160. The Morgan fingerprint density at radius 2 is 2.10 bits per heavy atom. The summed E-state index contributed by atoms with van der Waals surface area (Å²) in [7, 11) is 1.58. The number of hydrogen-bond acceptors (Lipinski definition) is 5. The van der Waals surface area contributed by atoms with E-state index >= 15 is 0 Å². The maximum atomic E-state index is 14.0. The summed E-state index contributed by atoms with van der Waals surface area (Å²) >= 11 is 5.53. The van der Waals surface area contributed by atoms with Crippen molar-refractivity contribution in [2.75, 3.05) is 20.3 Å². The summed E-state index contributed by atoms with van der Waals surface area (Å²) in [5.74, 6) is -4.25. The Morgan fingerprint density at radius 3 is 2.77 bits per heavy atom. The van der Waals surface area contributed by atoms with E-state index in [4.69, 9.17) is 16.3 Å². The van der Waals surface area contributed by atoms with Crippen LogP contribution in [0.4, 0.5) is 8.78 Å². The van der Waals surface area contributed by atoms with Crippen molar-refractivity contribution in [1.82, 2.24) is 14.8 Å². The second kappa shape index (κ2) is 7.61. The molecule has 1 aromatic heterocycles. The van der Waals surface area contributed by atoms with Gasteiger partial charge in [-0.25, -0.2) is 8.78 Å². The maximum absolute atomic E-state index is 14.0. The number of nitrogens with zero attached hydrogens (tertiary/aromatic N) is 2. The standard InChI is InChI=1S/C20H18ClF2N3O5/c1-25-19(30)15-17(28)16(27)11(7-26(15)8-20(25)4-5-31-9-20)18(29)24-6-10-2-3-12(22)13(21)14(10)23/h2-3,7,28H,4-6,8-9H2,1H3,(H,24,29). The lowest BCUT2D eigenvalue weighted by atomic mass is 9.92. The molecular weight excluding hydrogens is 436 g/mol. The fourth-order valence-electron chi connectivity index (χ4n) is 3.92. The minimum atomic E-state index is -1.03. The molecule has 0 bridgehead atoms. The quantitative estimate of drug-likeness (QED) is 0.688. The van der Waals surface area contributed by atoms with Crippen LogP contribution in [0.15, 0.2) is 23.1 Å². The summed E-state index contributed by atoms with van der Waals surface area (Å²) in [4.78, 5) is 39.4. The van der Waals surface area contributed by atoms with E-state index in [0.717, 1.165) is 12.1 Å². The maximum Gasteiger partial charge on any atom is 0.274 e. The van der Waals surface area contributed by atoms with Crippen molar-refractivity contribution in [1.29, 1.82) is 0 Å². The van der Waals surface area contributed by atoms with Gasteiger partial charge in [0.05, 0.1) is 12.1 Å². The number of pyridine rings is 1. The highest BCUT2D eigenvalue weighted by atomic mass is 35.5. The molecule has 2 aliphatic rings. The van der Waals surface area contributed by atoms with Crippen LogP contribution in [0.1, 0.15) is 32.8 Å². The molecule has 2 aliphatic heterocycles. The van der Waals surface area contributed by atoms with E-state index in [9.17, 15) is 28.3 Å². The van der Waals surface area contributed by atoms with Crippen molar-refractivity contribution < 1.29 is 28.2 Å². The number of rotatable bonds is 3. The number of carbonyl (C=O) groups excluding carboxylic acids is 2. The number of likely N-dealkylation sites (N-methyl/N-ethyl adjacent to an activating group) is 1. The molecule has 1 atom stereocenters. The molecule has 31 heavy (non-hydrogen) atoms. The molecule has 3 heterocycles. The van der Waals surface area contributed by atoms with Gasteiger partial charge < -0.3 is 24.6 Å². The predicted molar refractivity (Wildman–Crippen MR) is 105 cm³/mol.